The zero-order chi connectivity index (χ0) is 14.0. The quantitative estimate of drug-likeness (QED) is 0.872. The maximum Gasteiger partial charge on any atom is 0.335 e. The van der Waals surface area contributed by atoms with Crippen LogP contribution in [-0.2, 0) is 0 Å². The first-order chi connectivity index (χ1) is 8.97. The minimum absolute atomic E-state index is 0.0360. The SMILES string of the molecule is Cc1cccc(Oc2cc(C(=O)O)cc(Cl)n2)c1F. The second-order valence-corrected chi connectivity index (χ2v) is 4.20. The molecule has 0 spiro atoms. The van der Waals surface area contributed by atoms with Crippen LogP contribution in [0.3, 0.4) is 0 Å². The van der Waals surface area contributed by atoms with Crippen molar-refractivity contribution in [2.45, 2.75) is 6.92 Å². The first-order valence-electron chi connectivity index (χ1n) is 5.31. The molecule has 0 aliphatic carbocycles. The van der Waals surface area contributed by atoms with Gasteiger partial charge >= 0.3 is 5.97 Å². The van der Waals surface area contributed by atoms with Crippen LogP contribution in [0, 0.1) is 12.7 Å². The highest BCUT2D eigenvalue weighted by Crippen LogP contribution is 2.26. The normalized spacial score (nSPS) is 10.3. The van der Waals surface area contributed by atoms with Gasteiger partial charge in [0.1, 0.15) is 5.15 Å². The van der Waals surface area contributed by atoms with Crippen LogP contribution in [0.15, 0.2) is 30.3 Å². The van der Waals surface area contributed by atoms with Crippen LogP contribution in [0.2, 0.25) is 5.15 Å². The maximum absolute atomic E-state index is 13.7. The molecular weight excluding hydrogens is 273 g/mol. The Morgan fingerprint density at radius 1 is 1.42 bits per heavy atom. The lowest BCUT2D eigenvalue weighted by molar-refractivity contribution is 0.0696. The van der Waals surface area contributed by atoms with E-state index in [-0.39, 0.29) is 22.3 Å². The number of carbonyl (C=O) groups is 1. The molecule has 98 valence electrons. The van der Waals surface area contributed by atoms with E-state index in [1.54, 1.807) is 19.1 Å². The number of carboxylic acids is 1. The van der Waals surface area contributed by atoms with E-state index < -0.39 is 11.8 Å². The van der Waals surface area contributed by atoms with E-state index in [0.717, 1.165) is 0 Å². The predicted octanol–water partition coefficient (Wildman–Crippen LogP) is 3.67. The van der Waals surface area contributed by atoms with Crippen LogP contribution in [0.4, 0.5) is 4.39 Å². The number of aromatic nitrogens is 1. The van der Waals surface area contributed by atoms with Gasteiger partial charge in [-0.1, -0.05) is 23.7 Å². The summed E-state index contributed by atoms with van der Waals surface area (Å²) in [6.07, 6.45) is 0. The topological polar surface area (TPSA) is 59.4 Å². The zero-order valence-electron chi connectivity index (χ0n) is 9.85. The van der Waals surface area contributed by atoms with E-state index in [0.29, 0.717) is 5.56 Å². The highest BCUT2D eigenvalue weighted by atomic mass is 35.5. The van der Waals surface area contributed by atoms with Gasteiger partial charge < -0.3 is 9.84 Å². The summed E-state index contributed by atoms with van der Waals surface area (Å²) in [5.74, 6) is -1.81. The van der Waals surface area contributed by atoms with E-state index in [4.69, 9.17) is 21.4 Å². The lowest BCUT2D eigenvalue weighted by atomic mass is 10.2. The smallest absolute Gasteiger partial charge is 0.335 e. The molecule has 0 unspecified atom stereocenters. The van der Waals surface area contributed by atoms with E-state index in [2.05, 4.69) is 4.98 Å². The predicted molar refractivity (Wildman–Crippen MR) is 67.4 cm³/mol. The lowest BCUT2D eigenvalue weighted by Crippen LogP contribution is -1.99. The van der Waals surface area contributed by atoms with Crippen molar-refractivity contribution in [3.05, 3.63) is 52.4 Å². The molecule has 0 aliphatic rings. The summed E-state index contributed by atoms with van der Waals surface area (Å²) in [5, 5.41) is 8.84. The second kappa shape index (κ2) is 5.24. The van der Waals surface area contributed by atoms with Crippen LogP contribution >= 0.6 is 11.6 Å². The Labute approximate surface area is 113 Å². The molecule has 19 heavy (non-hydrogen) atoms. The number of halogens is 2. The Morgan fingerprint density at radius 2 is 2.16 bits per heavy atom. The van der Waals surface area contributed by atoms with Gasteiger partial charge in [0, 0.05) is 6.07 Å². The molecule has 0 bridgehead atoms. The molecule has 2 rings (SSSR count). The van der Waals surface area contributed by atoms with Gasteiger partial charge in [-0.3, -0.25) is 0 Å². The van der Waals surface area contributed by atoms with Crippen LogP contribution in [-0.4, -0.2) is 16.1 Å². The summed E-state index contributed by atoms with van der Waals surface area (Å²) in [5.41, 5.74) is 0.334. The molecule has 1 aromatic carbocycles. The number of hydrogen-bond acceptors (Lipinski definition) is 3. The second-order valence-electron chi connectivity index (χ2n) is 3.81. The van der Waals surface area contributed by atoms with Crippen molar-refractivity contribution < 1.29 is 19.0 Å². The number of rotatable bonds is 3. The van der Waals surface area contributed by atoms with Crippen molar-refractivity contribution in [3.8, 4) is 11.6 Å². The third-order valence-electron chi connectivity index (χ3n) is 2.39. The first-order valence-corrected chi connectivity index (χ1v) is 5.69. The molecule has 1 heterocycles. The molecule has 0 saturated heterocycles. The van der Waals surface area contributed by atoms with E-state index in [9.17, 15) is 9.18 Å². The van der Waals surface area contributed by atoms with Gasteiger partial charge in [0.15, 0.2) is 11.6 Å². The highest BCUT2D eigenvalue weighted by Gasteiger charge is 2.12. The van der Waals surface area contributed by atoms with Gasteiger partial charge in [-0.2, -0.15) is 0 Å². The van der Waals surface area contributed by atoms with E-state index in [1.807, 2.05) is 0 Å². The molecule has 0 atom stereocenters. The van der Waals surface area contributed by atoms with Crippen molar-refractivity contribution >= 4 is 17.6 Å². The number of aromatic carboxylic acids is 1. The molecule has 0 fully saturated rings. The fourth-order valence-corrected chi connectivity index (χ4v) is 1.66. The van der Waals surface area contributed by atoms with Crippen molar-refractivity contribution in [2.24, 2.45) is 0 Å². The first kappa shape index (κ1) is 13.3. The van der Waals surface area contributed by atoms with Crippen LogP contribution in [0.25, 0.3) is 0 Å². The average molecular weight is 282 g/mol. The van der Waals surface area contributed by atoms with Crippen molar-refractivity contribution in [1.82, 2.24) is 4.98 Å². The summed E-state index contributed by atoms with van der Waals surface area (Å²) < 4.78 is 19.0. The van der Waals surface area contributed by atoms with Crippen molar-refractivity contribution in [2.75, 3.05) is 0 Å². The fraction of sp³-hybridized carbons (Fsp3) is 0.0769. The number of hydrogen-bond donors (Lipinski definition) is 1. The Hall–Kier alpha value is -2.14. The molecule has 0 radical (unpaired) electrons. The fourth-order valence-electron chi connectivity index (χ4n) is 1.46. The molecule has 0 amide bonds. The van der Waals surface area contributed by atoms with Crippen molar-refractivity contribution in [1.29, 1.82) is 0 Å². The number of ether oxygens (including phenoxy) is 1. The van der Waals surface area contributed by atoms with Gasteiger partial charge in [0.2, 0.25) is 5.88 Å². The molecule has 0 aliphatic heterocycles. The Balaban J connectivity index is 2.38. The minimum atomic E-state index is -1.17. The minimum Gasteiger partial charge on any atom is -0.478 e. The van der Waals surface area contributed by atoms with Gasteiger partial charge in [-0.15, -0.1) is 0 Å². The van der Waals surface area contributed by atoms with Crippen LogP contribution < -0.4 is 4.74 Å². The third-order valence-corrected chi connectivity index (χ3v) is 2.58. The molecule has 4 nitrogen and oxygen atoms in total. The standard InChI is InChI=1S/C13H9ClFNO3/c1-7-3-2-4-9(12(7)15)19-11-6-8(13(17)18)5-10(14)16-11/h2-6H,1H3,(H,17,18). The van der Waals surface area contributed by atoms with Gasteiger partial charge in [0.25, 0.3) is 0 Å². The Kier molecular flexibility index (Phi) is 3.66. The molecular formula is C13H9ClFNO3. The summed E-state index contributed by atoms with van der Waals surface area (Å²) in [7, 11) is 0. The van der Waals surface area contributed by atoms with E-state index in [1.165, 1.54) is 18.2 Å². The van der Waals surface area contributed by atoms with Crippen LogP contribution in [0.1, 0.15) is 15.9 Å². The summed E-state index contributed by atoms with van der Waals surface area (Å²) in [4.78, 5) is 14.7. The average Bonchev–Trinajstić information content (AvgIpc) is 2.34. The Morgan fingerprint density at radius 3 is 2.84 bits per heavy atom. The number of carboxylic acid groups (broad SMARTS) is 1. The van der Waals surface area contributed by atoms with Gasteiger partial charge in [-0.25, -0.2) is 14.2 Å². The number of pyridine rings is 1. The van der Waals surface area contributed by atoms with Gasteiger partial charge in [0.05, 0.1) is 5.56 Å². The highest BCUT2D eigenvalue weighted by molar-refractivity contribution is 6.29. The lowest BCUT2D eigenvalue weighted by Gasteiger charge is -2.08. The number of aryl methyl sites for hydroxylation is 1. The van der Waals surface area contributed by atoms with E-state index >= 15 is 0 Å². The van der Waals surface area contributed by atoms with Crippen LogP contribution in [0.5, 0.6) is 11.6 Å². The summed E-state index contributed by atoms with van der Waals surface area (Å²) in [6, 6.07) is 7.00. The number of nitrogens with zero attached hydrogens (tertiary/aromatic N) is 1. The molecule has 1 N–H and O–H groups in total. The Bertz CT molecular complexity index is 646. The molecule has 2 aromatic rings. The summed E-state index contributed by atoms with van der Waals surface area (Å²) >= 11 is 5.68. The van der Waals surface area contributed by atoms with Gasteiger partial charge in [-0.05, 0) is 24.6 Å². The monoisotopic (exact) mass is 281 g/mol. The zero-order valence-corrected chi connectivity index (χ0v) is 10.6. The molecule has 0 saturated carbocycles. The maximum atomic E-state index is 13.7. The van der Waals surface area contributed by atoms with Crippen molar-refractivity contribution in [3.63, 3.8) is 0 Å². The molecule has 1 aromatic heterocycles. The summed E-state index contributed by atoms with van der Waals surface area (Å²) in [6.45, 7) is 1.59. The molecule has 6 heteroatoms. The number of benzene rings is 1. The third kappa shape index (κ3) is 3.00. The largest absolute Gasteiger partial charge is 0.478 e.